The number of ether oxygens (including phenoxy) is 1. The Balaban J connectivity index is 1.50. The van der Waals surface area contributed by atoms with Crippen LogP contribution >= 0.6 is 0 Å². The van der Waals surface area contributed by atoms with Gasteiger partial charge in [0.1, 0.15) is 5.60 Å². The van der Waals surface area contributed by atoms with Crippen LogP contribution in [0.15, 0.2) is 23.3 Å². The van der Waals surface area contributed by atoms with E-state index in [9.17, 15) is 9.59 Å². The molecule has 2 saturated carbocycles. The first kappa shape index (κ1) is 18.5. The zero-order valence-electron chi connectivity index (χ0n) is 17.6. The molecule has 7 heteroatoms. The Kier molecular flexibility index (Phi) is 3.62. The van der Waals surface area contributed by atoms with Crippen molar-refractivity contribution in [2.24, 2.45) is 22.7 Å². The Morgan fingerprint density at radius 3 is 2.77 bits per heavy atom. The number of aromatic amines is 1. The minimum Gasteiger partial charge on any atom is -0.458 e. The Morgan fingerprint density at radius 2 is 2.03 bits per heavy atom. The Morgan fingerprint density at radius 1 is 1.17 bits per heavy atom. The third kappa shape index (κ3) is 2.18. The van der Waals surface area contributed by atoms with E-state index in [4.69, 9.17) is 4.74 Å². The molecule has 7 nitrogen and oxygen atoms in total. The number of carbonyl (C=O) groups excluding carboxylic acids is 2. The number of fused-ring (bicyclic) bond motifs is 6. The summed E-state index contributed by atoms with van der Waals surface area (Å²) >= 11 is 0. The SMILES string of the molecule is CC12CCC(=O)C=C1C[C@@H](c1nn[nH]n1)C1C2=CCC2(C)C1CC[C@@]21CCC(=O)O1. The lowest BCUT2D eigenvalue weighted by Crippen LogP contribution is -2.52. The summed E-state index contributed by atoms with van der Waals surface area (Å²) in [5.74, 6) is 1.70. The zero-order valence-corrected chi connectivity index (χ0v) is 17.6. The molecule has 158 valence electrons. The smallest absolute Gasteiger partial charge is 0.306 e. The van der Waals surface area contributed by atoms with Gasteiger partial charge in [-0.3, -0.25) is 9.59 Å². The molecule has 1 spiro atoms. The van der Waals surface area contributed by atoms with E-state index < -0.39 is 0 Å². The third-order valence-electron chi connectivity index (χ3n) is 9.42. The van der Waals surface area contributed by atoms with Crippen molar-refractivity contribution >= 4 is 11.8 Å². The van der Waals surface area contributed by atoms with Gasteiger partial charge in [0.05, 0.1) is 0 Å². The first-order valence-electron chi connectivity index (χ1n) is 11.3. The molecule has 0 radical (unpaired) electrons. The number of ketones is 1. The number of H-pyrrole nitrogens is 1. The van der Waals surface area contributed by atoms with Gasteiger partial charge in [0.2, 0.25) is 0 Å². The second kappa shape index (κ2) is 5.89. The van der Waals surface area contributed by atoms with Gasteiger partial charge < -0.3 is 4.74 Å². The molecule has 1 aromatic heterocycles. The van der Waals surface area contributed by atoms with Crippen LogP contribution in [0.3, 0.4) is 0 Å². The number of carbonyl (C=O) groups is 2. The van der Waals surface area contributed by atoms with Gasteiger partial charge in [-0.1, -0.05) is 36.3 Å². The molecule has 6 rings (SSSR count). The molecule has 0 bridgehead atoms. The van der Waals surface area contributed by atoms with Crippen molar-refractivity contribution in [1.82, 2.24) is 20.6 Å². The number of hydrogen-bond donors (Lipinski definition) is 1. The quantitative estimate of drug-likeness (QED) is 0.565. The zero-order chi connectivity index (χ0) is 20.7. The molecule has 4 aliphatic carbocycles. The Labute approximate surface area is 175 Å². The summed E-state index contributed by atoms with van der Waals surface area (Å²) in [5.41, 5.74) is 2.20. The number of nitrogens with one attached hydrogen (secondary N) is 1. The number of allylic oxidation sites excluding steroid dienone is 4. The summed E-state index contributed by atoms with van der Waals surface area (Å²) in [6.45, 7) is 4.65. The van der Waals surface area contributed by atoms with E-state index in [1.807, 2.05) is 6.08 Å². The molecule has 6 atom stereocenters. The fourth-order valence-corrected chi connectivity index (χ4v) is 7.73. The fraction of sp³-hybridized carbons (Fsp3) is 0.696. The van der Waals surface area contributed by atoms with Crippen molar-refractivity contribution < 1.29 is 14.3 Å². The standard InChI is InChI=1S/C23H28N4O3/c1-21-7-3-14(28)11-13(21)12-15(20-24-26-27-25-20)19-16(21)4-8-22(2)17(19)5-9-23(22)10-6-18(29)30-23/h4,11,15,17,19H,3,5-10,12H2,1-2H3,(H,24,25,26,27)/t15-,17?,19?,21?,22?,23-/m1/s1. The average molecular weight is 409 g/mol. The van der Waals surface area contributed by atoms with E-state index in [1.54, 1.807) is 0 Å². The normalized spacial score (nSPS) is 44.8. The highest BCUT2D eigenvalue weighted by Gasteiger charge is 2.67. The van der Waals surface area contributed by atoms with Crippen LogP contribution in [0.4, 0.5) is 0 Å². The lowest BCUT2D eigenvalue weighted by Gasteiger charge is -2.56. The van der Waals surface area contributed by atoms with Crippen LogP contribution in [0.2, 0.25) is 0 Å². The molecular weight excluding hydrogens is 380 g/mol. The second-order valence-electron chi connectivity index (χ2n) is 10.5. The lowest BCUT2D eigenvalue weighted by molar-refractivity contribution is -0.160. The molecule has 5 aliphatic rings. The van der Waals surface area contributed by atoms with E-state index in [2.05, 4.69) is 40.5 Å². The van der Waals surface area contributed by atoms with Gasteiger partial charge in [-0.25, -0.2) is 0 Å². The largest absolute Gasteiger partial charge is 0.458 e. The average Bonchev–Trinajstić information content (AvgIpc) is 3.43. The molecular formula is C23H28N4O3. The molecule has 2 heterocycles. The van der Waals surface area contributed by atoms with Crippen LogP contribution in [0, 0.1) is 22.7 Å². The number of rotatable bonds is 1. The summed E-state index contributed by atoms with van der Waals surface area (Å²) < 4.78 is 6.06. The molecule has 1 aromatic rings. The van der Waals surface area contributed by atoms with E-state index in [0.29, 0.717) is 18.8 Å². The monoisotopic (exact) mass is 408 g/mol. The minimum atomic E-state index is -0.335. The van der Waals surface area contributed by atoms with Gasteiger partial charge in [0, 0.05) is 29.6 Å². The molecule has 0 amide bonds. The van der Waals surface area contributed by atoms with Crippen molar-refractivity contribution in [3.8, 4) is 0 Å². The van der Waals surface area contributed by atoms with Gasteiger partial charge in [0.15, 0.2) is 11.6 Å². The maximum atomic E-state index is 12.3. The summed E-state index contributed by atoms with van der Waals surface area (Å²) in [7, 11) is 0. The first-order valence-corrected chi connectivity index (χ1v) is 11.3. The lowest BCUT2D eigenvalue weighted by atomic mass is 9.48. The second-order valence-corrected chi connectivity index (χ2v) is 10.5. The van der Waals surface area contributed by atoms with Crippen LogP contribution in [0.1, 0.15) is 77.0 Å². The van der Waals surface area contributed by atoms with E-state index >= 15 is 0 Å². The maximum Gasteiger partial charge on any atom is 0.306 e. The first-order chi connectivity index (χ1) is 14.4. The van der Waals surface area contributed by atoms with Gasteiger partial charge in [-0.05, 0) is 56.4 Å². The number of esters is 1. The molecule has 3 fully saturated rings. The molecule has 0 aromatic carbocycles. The van der Waals surface area contributed by atoms with Crippen molar-refractivity contribution in [1.29, 1.82) is 0 Å². The molecule has 1 saturated heterocycles. The Bertz CT molecular complexity index is 998. The summed E-state index contributed by atoms with van der Waals surface area (Å²) in [5, 5.41) is 15.2. The van der Waals surface area contributed by atoms with Crippen molar-refractivity contribution in [2.75, 3.05) is 0 Å². The third-order valence-corrected chi connectivity index (χ3v) is 9.42. The topological polar surface area (TPSA) is 97.8 Å². The van der Waals surface area contributed by atoms with Crippen LogP contribution < -0.4 is 0 Å². The highest BCUT2D eigenvalue weighted by Crippen LogP contribution is 2.69. The highest BCUT2D eigenvalue weighted by atomic mass is 16.6. The van der Waals surface area contributed by atoms with E-state index in [0.717, 1.165) is 44.3 Å². The summed E-state index contributed by atoms with van der Waals surface area (Å²) in [4.78, 5) is 24.4. The Hall–Kier alpha value is -2.31. The van der Waals surface area contributed by atoms with Crippen LogP contribution in [0.5, 0.6) is 0 Å². The van der Waals surface area contributed by atoms with Crippen molar-refractivity contribution in [3.63, 3.8) is 0 Å². The van der Waals surface area contributed by atoms with Gasteiger partial charge in [0.25, 0.3) is 0 Å². The van der Waals surface area contributed by atoms with Gasteiger partial charge in [-0.15, -0.1) is 10.2 Å². The summed E-state index contributed by atoms with van der Waals surface area (Å²) in [6, 6.07) is 0. The molecule has 30 heavy (non-hydrogen) atoms. The number of aromatic nitrogens is 4. The predicted molar refractivity (Wildman–Crippen MR) is 107 cm³/mol. The number of nitrogens with zero attached hydrogens (tertiary/aromatic N) is 3. The van der Waals surface area contributed by atoms with Crippen molar-refractivity contribution in [3.05, 3.63) is 29.1 Å². The minimum absolute atomic E-state index is 0.0482. The van der Waals surface area contributed by atoms with Crippen LogP contribution in [0.25, 0.3) is 0 Å². The van der Waals surface area contributed by atoms with Crippen LogP contribution in [-0.2, 0) is 14.3 Å². The molecule has 1 aliphatic heterocycles. The van der Waals surface area contributed by atoms with Gasteiger partial charge in [-0.2, -0.15) is 5.21 Å². The molecule has 4 unspecified atom stereocenters. The highest BCUT2D eigenvalue weighted by molar-refractivity contribution is 5.92. The van der Waals surface area contributed by atoms with Crippen LogP contribution in [-0.4, -0.2) is 38.0 Å². The van der Waals surface area contributed by atoms with Crippen molar-refractivity contribution in [2.45, 2.75) is 76.7 Å². The van der Waals surface area contributed by atoms with E-state index in [1.165, 1.54) is 11.1 Å². The molecule has 1 N–H and O–H groups in total. The number of tetrazole rings is 1. The predicted octanol–water partition coefficient (Wildman–Crippen LogP) is 3.42. The van der Waals surface area contributed by atoms with Gasteiger partial charge >= 0.3 is 5.97 Å². The van der Waals surface area contributed by atoms with E-state index in [-0.39, 0.29) is 40.0 Å². The number of hydrogen-bond acceptors (Lipinski definition) is 6. The maximum absolute atomic E-state index is 12.3. The summed E-state index contributed by atoms with van der Waals surface area (Å²) in [6.07, 6.45) is 10.9. The fourth-order valence-electron chi connectivity index (χ4n) is 7.73.